The van der Waals surface area contributed by atoms with Crippen molar-refractivity contribution in [2.24, 2.45) is 5.73 Å². The van der Waals surface area contributed by atoms with Crippen molar-refractivity contribution in [3.05, 3.63) is 62.3 Å². The molecule has 0 bridgehead atoms. The van der Waals surface area contributed by atoms with E-state index in [0.29, 0.717) is 29.3 Å². The minimum absolute atomic E-state index is 0.142. The van der Waals surface area contributed by atoms with Crippen molar-refractivity contribution in [3.63, 3.8) is 0 Å². The van der Waals surface area contributed by atoms with Crippen LogP contribution in [0, 0.1) is 0 Å². The molecular weight excluding hydrogens is 348 g/mol. The number of amides is 1. The second kappa shape index (κ2) is 6.66. The summed E-state index contributed by atoms with van der Waals surface area (Å²) < 4.78 is 1.44. The van der Waals surface area contributed by atoms with Crippen LogP contribution in [0.1, 0.15) is 29.2 Å². The number of para-hydroxylation sites is 1. The van der Waals surface area contributed by atoms with E-state index >= 15 is 0 Å². The Morgan fingerprint density at radius 1 is 1.38 bits per heavy atom. The van der Waals surface area contributed by atoms with Crippen molar-refractivity contribution in [2.45, 2.75) is 32.5 Å². The summed E-state index contributed by atoms with van der Waals surface area (Å²) in [6.07, 6.45) is 1.03. The number of carbonyl (C=O) groups is 1. The van der Waals surface area contributed by atoms with E-state index in [1.54, 1.807) is 12.1 Å². The van der Waals surface area contributed by atoms with Crippen molar-refractivity contribution in [2.75, 3.05) is 6.54 Å². The normalized spacial score (nSPS) is 19.4. The molecule has 1 aliphatic rings. The number of nitrogens with one attached hydrogen (secondary N) is 1. The molecule has 0 aliphatic carbocycles. The average molecular weight is 369 g/mol. The quantitative estimate of drug-likeness (QED) is 0.708. The van der Waals surface area contributed by atoms with Gasteiger partial charge in [0.15, 0.2) is 5.82 Å². The van der Waals surface area contributed by atoms with Crippen LogP contribution in [0.5, 0.6) is 0 Å². The van der Waals surface area contributed by atoms with Gasteiger partial charge in [0.2, 0.25) is 5.91 Å². The molecule has 0 fully saturated rings. The minimum atomic E-state index is -0.535. The summed E-state index contributed by atoms with van der Waals surface area (Å²) in [4.78, 5) is 31.9. The summed E-state index contributed by atoms with van der Waals surface area (Å²) in [5, 5.41) is 2.65. The summed E-state index contributed by atoms with van der Waals surface area (Å²) in [7, 11) is 0. The third-order valence-electron chi connectivity index (χ3n) is 5.17. The number of hydrogen-bond donors (Lipinski definition) is 2. The first kappa shape index (κ1) is 16.9. The molecule has 1 aliphatic heterocycles. The Kier molecular flexibility index (Phi) is 4.34. The van der Waals surface area contributed by atoms with Gasteiger partial charge in [0, 0.05) is 16.9 Å². The second-order valence-electron chi connectivity index (χ2n) is 6.76. The van der Waals surface area contributed by atoms with E-state index < -0.39 is 5.91 Å². The van der Waals surface area contributed by atoms with Crippen LogP contribution in [0.15, 0.2) is 40.5 Å². The van der Waals surface area contributed by atoms with Crippen LogP contribution in [0.25, 0.3) is 10.9 Å². The third-order valence-corrected chi connectivity index (χ3v) is 6.17. The van der Waals surface area contributed by atoms with Crippen LogP contribution in [0.4, 0.5) is 0 Å². The van der Waals surface area contributed by atoms with E-state index in [-0.39, 0.29) is 12.1 Å². The molecule has 134 valence electrons. The number of fused-ring (bicyclic) bond motifs is 2. The topological polar surface area (TPSA) is 82.4 Å². The first-order valence-electron chi connectivity index (χ1n) is 8.72. The van der Waals surface area contributed by atoms with Crippen LogP contribution >= 0.6 is 11.3 Å². The molecule has 1 unspecified atom stereocenters. The number of hydrogen-bond acceptors (Lipinski definition) is 4. The van der Waals surface area contributed by atoms with Gasteiger partial charge < -0.3 is 10.6 Å². The zero-order valence-corrected chi connectivity index (χ0v) is 15.4. The molecule has 6 nitrogen and oxygen atoms in total. The Morgan fingerprint density at radius 3 is 3.00 bits per heavy atom. The van der Waals surface area contributed by atoms with E-state index in [1.165, 1.54) is 19.9 Å². The lowest BCUT2D eigenvalue weighted by molar-refractivity contribution is -0.945. The molecule has 3 aromatic rings. The number of benzene rings is 1. The largest absolute Gasteiger partial charge is 0.368 e. The molecule has 26 heavy (non-hydrogen) atoms. The highest BCUT2D eigenvalue weighted by Gasteiger charge is 2.29. The maximum absolute atomic E-state index is 12.9. The molecule has 7 heteroatoms. The van der Waals surface area contributed by atoms with Gasteiger partial charge in [-0.15, -0.1) is 11.3 Å². The lowest BCUT2D eigenvalue weighted by atomic mass is 10.0. The molecule has 3 heterocycles. The highest BCUT2D eigenvalue weighted by molar-refractivity contribution is 7.10. The summed E-state index contributed by atoms with van der Waals surface area (Å²) in [5.74, 6) is 0.0836. The van der Waals surface area contributed by atoms with Gasteiger partial charge in [-0.2, -0.15) is 0 Å². The average Bonchev–Trinajstić information content (AvgIpc) is 3.10. The minimum Gasteiger partial charge on any atom is -0.368 e. The summed E-state index contributed by atoms with van der Waals surface area (Å²) in [6, 6.07) is 9.76. The second-order valence-corrected chi connectivity index (χ2v) is 7.76. The Bertz CT molecular complexity index is 1040. The summed E-state index contributed by atoms with van der Waals surface area (Å²) >= 11 is 1.81. The molecule has 0 saturated carbocycles. The van der Waals surface area contributed by atoms with Crippen molar-refractivity contribution < 1.29 is 9.69 Å². The third kappa shape index (κ3) is 2.93. The summed E-state index contributed by atoms with van der Waals surface area (Å²) in [6.45, 7) is 3.63. The van der Waals surface area contributed by atoms with Crippen LogP contribution in [0.2, 0.25) is 0 Å². The van der Waals surface area contributed by atoms with Crippen LogP contribution in [-0.2, 0) is 24.3 Å². The molecular formula is C19H21N4O2S+. The molecule has 3 N–H and O–H groups in total. The van der Waals surface area contributed by atoms with E-state index in [9.17, 15) is 9.59 Å². The van der Waals surface area contributed by atoms with Gasteiger partial charge in [-0.1, -0.05) is 12.1 Å². The van der Waals surface area contributed by atoms with E-state index in [4.69, 9.17) is 10.7 Å². The van der Waals surface area contributed by atoms with Gasteiger partial charge in [-0.3, -0.25) is 14.2 Å². The van der Waals surface area contributed by atoms with Gasteiger partial charge in [-0.05, 0) is 30.5 Å². The molecule has 0 radical (unpaired) electrons. The Balaban J connectivity index is 1.76. The molecule has 4 rings (SSSR count). The Hall–Kier alpha value is -2.51. The smallest absolute Gasteiger partial charge is 0.262 e. The maximum Gasteiger partial charge on any atom is 0.262 e. The number of thiophene rings is 1. The van der Waals surface area contributed by atoms with Gasteiger partial charge in [-0.25, -0.2) is 4.98 Å². The Morgan fingerprint density at radius 2 is 2.19 bits per heavy atom. The molecule has 2 atom stereocenters. The standard InChI is InChI=1S/C19H20N4O2S/c1-12-13-7-9-26-16(13)6-8-22(12)11-18-21-15-5-3-2-4-14(15)19(25)23(18)10-17(20)24/h2-5,7,9,12H,6,8,10-11H2,1H3,(H2,20,24)/p+1/t12-/m1/s1. The highest BCUT2D eigenvalue weighted by Crippen LogP contribution is 2.24. The van der Waals surface area contributed by atoms with Crippen LogP contribution in [-0.4, -0.2) is 22.0 Å². The lowest BCUT2D eigenvalue weighted by Crippen LogP contribution is -3.11. The van der Waals surface area contributed by atoms with Crippen LogP contribution in [0.3, 0.4) is 0 Å². The zero-order chi connectivity index (χ0) is 18.3. The predicted octanol–water partition coefficient (Wildman–Crippen LogP) is 0.646. The first-order chi connectivity index (χ1) is 12.5. The van der Waals surface area contributed by atoms with Crippen molar-refractivity contribution in [3.8, 4) is 0 Å². The molecule has 0 spiro atoms. The van der Waals surface area contributed by atoms with E-state index in [1.807, 2.05) is 23.5 Å². The summed E-state index contributed by atoms with van der Waals surface area (Å²) in [5.41, 5.74) is 7.22. The van der Waals surface area contributed by atoms with E-state index in [2.05, 4.69) is 18.4 Å². The number of aromatic nitrogens is 2. The maximum atomic E-state index is 12.9. The lowest BCUT2D eigenvalue weighted by Gasteiger charge is -2.30. The van der Waals surface area contributed by atoms with Crippen LogP contribution < -0.4 is 16.2 Å². The number of carbonyl (C=O) groups excluding carboxylic acids is 1. The molecule has 1 aromatic carbocycles. The first-order valence-corrected chi connectivity index (χ1v) is 9.60. The van der Waals surface area contributed by atoms with Gasteiger partial charge in [0.25, 0.3) is 5.56 Å². The van der Waals surface area contributed by atoms with Gasteiger partial charge in [0.1, 0.15) is 19.1 Å². The number of quaternary nitrogens is 1. The number of primary amides is 1. The van der Waals surface area contributed by atoms with Gasteiger partial charge >= 0.3 is 0 Å². The number of nitrogens with two attached hydrogens (primary N) is 1. The number of nitrogens with zero attached hydrogens (tertiary/aromatic N) is 2. The molecule has 2 aromatic heterocycles. The van der Waals surface area contributed by atoms with Crippen molar-refractivity contribution >= 4 is 28.1 Å². The molecule has 1 amide bonds. The fourth-order valence-corrected chi connectivity index (χ4v) is 4.74. The van der Waals surface area contributed by atoms with Gasteiger partial charge in [0.05, 0.1) is 17.4 Å². The fraction of sp³-hybridized carbons (Fsp3) is 0.316. The van der Waals surface area contributed by atoms with Crippen molar-refractivity contribution in [1.82, 2.24) is 9.55 Å². The highest BCUT2D eigenvalue weighted by atomic mass is 32.1. The predicted molar refractivity (Wildman–Crippen MR) is 101 cm³/mol. The molecule has 0 saturated heterocycles. The number of rotatable bonds is 4. The fourth-order valence-electron chi connectivity index (χ4n) is 3.76. The monoisotopic (exact) mass is 369 g/mol. The van der Waals surface area contributed by atoms with E-state index in [0.717, 1.165) is 13.0 Å². The Labute approximate surface area is 154 Å². The zero-order valence-electron chi connectivity index (χ0n) is 14.6. The SMILES string of the molecule is C[C@@H]1c2ccsc2CC[NH+]1Cc1nc2ccccc2c(=O)n1CC(N)=O. The van der Waals surface area contributed by atoms with Crippen molar-refractivity contribution in [1.29, 1.82) is 0 Å².